The number of anilines is 1. The number of carbonyl (C=O) groups is 1. The molecule has 0 amide bonds. The van der Waals surface area contributed by atoms with E-state index in [1.54, 1.807) is 30.3 Å². The average Bonchev–Trinajstić information content (AvgIpc) is 3.41. The van der Waals surface area contributed by atoms with Crippen LogP contribution in [0.15, 0.2) is 42.9 Å². The highest BCUT2D eigenvalue weighted by Gasteiger charge is 2.46. The van der Waals surface area contributed by atoms with E-state index in [0.717, 1.165) is 0 Å². The monoisotopic (exact) mass is 566 g/mol. The molecule has 1 aromatic carbocycles. The van der Waals surface area contributed by atoms with Gasteiger partial charge in [-0.1, -0.05) is 30.4 Å². The van der Waals surface area contributed by atoms with E-state index in [4.69, 9.17) is 37.5 Å². The van der Waals surface area contributed by atoms with Gasteiger partial charge in [-0.3, -0.25) is 9.32 Å². The molecule has 1 fully saturated rings. The molecule has 1 aliphatic heterocycles. The molecule has 16 heteroatoms. The lowest BCUT2D eigenvalue weighted by atomic mass is 10.1. The Kier molecular flexibility index (Phi) is 8.28. The molecule has 4 rings (SSSR count). The maximum atomic E-state index is 13.6. The second-order valence-corrected chi connectivity index (χ2v) is 10.5. The maximum Gasteiger partial charge on any atom is 0.459 e. The summed E-state index contributed by atoms with van der Waals surface area (Å²) in [6, 6.07) is 7.09. The van der Waals surface area contributed by atoms with Gasteiger partial charge < -0.3 is 40.2 Å². The molecule has 0 bridgehead atoms. The predicted octanol–water partition coefficient (Wildman–Crippen LogP) is 0.622. The molecule has 0 spiro atoms. The predicted molar refractivity (Wildman–Crippen MR) is 139 cm³/mol. The number of rotatable bonds is 10. The van der Waals surface area contributed by atoms with Crippen molar-refractivity contribution in [1.82, 2.24) is 19.6 Å². The van der Waals surface area contributed by atoms with Crippen molar-refractivity contribution >= 4 is 47.8 Å². The van der Waals surface area contributed by atoms with Gasteiger partial charge in [0.25, 0.3) is 0 Å². The number of carbonyl (C=O) groups excluding carboxylic acids is 1. The second-order valence-electron chi connectivity index (χ2n) is 8.39. The van der Waals surface area contributed by atoms with Crippen molar-refractivity contribution in [2.45, 2.75) is 37.5 Å². The molecular weight excluding hydrogens is 539 g/mol. The molecule has 0 radical (unpaired) electrons. The number of thiocarbonyl (C=S) groups is 1. The Morgan fingerprint density at radius 1 is 1.29 bits per heavy atom. The molecule has 7 N–H and O–H groups in total. The molecule has 0 saturated carbocycles. The fourth-order valence-corrected chi connectivity index (χ4v) is 5.59. The smallest absolute Gasteiger partial charge is 0.459 e. The number of nitrogens with zero attached hydrogens (tertiary/aromatic N) is 3. The molecule has 1 aliphatic rings. The molecule has 6 atom stereocenters. The van der Waals surface area contributed by atoms with Crippen molar-refractivity contribution in [2.24, 2.45) is 5.73 Å². The fraction of sp³-hybridized carbons (Fsp3) is 0.364. The number of benzene rings is 1. The summed E-state index contributed by atoms with van der Waals surface area (Å²) >= 11 is 5.11. The average molecular weight is 567 g/mol. The van der Waals surface area contributed by atoms with Crippen LogP contribution in [0.4, 0.5) is 5.82 Å². The Morgan fingerprint density at radius 2 is 2.00 bits per heavy atom. The van der Waals surface area contributed by atoms with Gasteiger partial charge in [0.05, 0.1) is 19.1 Å². The Bertz CT molecular complexity index is 1370. The maximum absolute atomic E-state index is 13.6. The van der Waals surface area contributed by atoms with Crippen LogP contribution < -0.4 is 21.1 Å². The van der Waals surface area contributed by atoms with Crippen molar-refractivity contribution in [3.63, 3.8) is 0 Å². The summed E-state index contributed by atoms with van der Waals surface area (Å²) in [6.45, 7) is 0.930. The van der Waals surface area contributed by atoms with Crippen molar-refractivity contribution < 1.29 is 38.1 Å². The van der Waals surface area contributed by atoms with Crippen molar-refractivity contribution in [2.75, 3.05) is 19.5 Å². The molecule has 3 heterocycles. The van der Waals surface area contributed by atoms with Gasteiger partial charge in [-0.2, -0.15) is 5.09 Å². The van der Waals surface area contributed by atoms with Crippen molar-refractivity contribution in [3.05, 3.63) is 48.4 Å². The van der Waals surface area contributed by atoms with Gasteiger partial charge in [0, 0.05) is 11.8 Å². The first-order valence-electron chi connectivity index (χ1n) is 11.3. The van der Waals surface area contributed by atoms with Crippen LogP contribution in [0.5, 0.6) is 5.75 Å². The minimum Gasteiger partial charge on any atom is -0.468 e. The number of aliphatic hydroxyl groups is 2. The number of hydrogen-bond donors (Lipinski definition) is 5. The van der Waals surface area contributed by atoms with E-state index >= 15 is 0 Å². The zero-order valence-electron chi connectivity index (χ0n) is 20.3. The van der Waals surface area contributed by atoms with E-state index in [1.807, 2.05) is 0 Å². The first kappa shape index (κ1) is 27.9. The summed E-state index contributed by atoms with van der Waals surface area (Å²) in [6.07, 6.45) is -2.52. The van der Waals surface area contributed by atoms with Gasteiger partial charge in [-0.15, -0.1) is 0 Å². The van der Waals surface area contributed by atoms with E-state index in [2.05, 4.69) is 19.8 Å². The Morgan fingerprint density at radius 3 is 2.66 bits per heavy atom. The molecule has 14 nitrogen and oxygen atoms in total. The Hall–Kier alpha value is -3.17. The van der Waals surface area contributed by atoms with Crippen LogP contribution >= 0.6 is 20.0 Å². The molecule has 0 aliphatic carbocycles. The van der Waals surface area contributed by atoms with Crippen LogP contribution in [0.1, 0.15) is 18.7 Å². The standard InChI is InChI=1S/C22H27N6O8PS/c1-11(22(31)33-2)27-37(32,36-12-6-4-3-5-7-12)34-9-14-16(29)17(30)21(35-14)28-8-13(19(24)38)15-18(23)25-10-26-20(15)28/h3-8,10-11,14,16-17,21,29-30H,9H2,1-2H3,(H2,24,38)(H,27,32)(H2,23,25,26). The molecule has 2 aromatic heterocycles. The summed E-state index contributed by atoms with van der Waals surface area (Å²) in [5.41, 5.74) is 12.4. The summed E-state index contributed by atoms with van der Waals surface area (Å²) in [7, 11) is -3.03. The summed E-state index contributed by atoms with van der Waals surface area (Å²) in [5, 5.41) is 24.4. The molecule has 38 heavy (non-hydrogen) atoms. The molecule has 1 saturated heterocycles. The van der Waals surface area contributed by atoms with Gasteiger partial charge in [-0.05, 0) is 19.1 Å². The lowest BCUT2D eigenvalue weighted by Gasteiger charge is -2.24. The number of nitrogens with two attached hydrogens (primary N) is 2. The third-order valence-electron chi connectivity index (χ3n) is 5.80. The van der Waals surface area contributed by atoms with Gasteiger partial charge in [0.1, 0.15) is 52.9 Å². The zero-order valence-corrected chi connectivity index (χ0v) is 22.0. The number of nitrogens with one attached hydrogen (secondary N) is 1. The number of esters is 1. The normalized spacial score (nSPS) is 23.6. The summed E-state index contributed by atoms with van der Waals surface area (Å²) in [5.74, 6) is -0.380. The summed E-state index contributed by atoms with van der Waals surface area (Å²) < 4.78 is 36.7. The number of aromatic nitrogens is 3. The van der Waals surface area contributed by atoms with Gasteiger partial charge in [0.2, 0.25) is 0 Å². The number of hydrogen-bond acceptors (Lipinski definition) is 12. The minimum absolute atomic E-state index is 0.0213. The van der Waals surface area contributed by atoms with Crippen LogP contribution in [-0.4, -0.2) is 73.8 Å². The van der Waals surface area contributed by atoms with Crippen molar-refractivity contribution in [3.8, 4) is 5.75 Å². The van der Waals surface area contributed by atoms with Crippen LogP contribution in [-0.2, 0) is 23.4 Å². The largest absolute Gasteiger partial charge is 0.468 e. The second kappa shape index (κ2) is 11.3. The molecule has 204 valence electrons. The van der Waals surface area contributed by atoms with Crippen molar-refractivity contribution in [1.29, 1.82) is 0 Å². The lowest BCUT2D eigenvalue weighted by molar-refractivity contribution is -0.142. The van der Waals surface area contributed by atoms with E-state index in [0.29, 0.717) is 10.9 Å². The number of nitrogen functional groups attached to an aromatic ring is 1. The van der Waals surface area contributed by atoms with Crippen LogP contribution in [0.25, 0.3) is 11.0 Å². The highest BCUT2D eigenvalue weighted by molar-refractivity contribution is 7.80. The third kappa shape index (κ3) is 5.63. The van der Waals surface area contributed by atoms with E-state index < -0.39 is 50.9 Å². The highest BCUT2D eigenvalue weighted by atomic mass is 32.1. The number of ether oxygens (including phenoxy) is 2. The molecule has 3 aromatic rings. The molecular formula is C22H27N6O8PS. The van der Waals surface area contributed by atoms with E-state index in [-0.39, 0.29) is 22.2 Å². The van der Waals surface area contributed by atoms with E-state index in [9.17, 15) is 19.6 Å². The SMILES string of the molecule is COC(=O)C(C)NP(=O)(OCC1OC(n2cc(C(N)=S)c3c(N)ncnc32)C(O)C1O)Oc1ccccc1. The fourth-order valence-electron chi connectivity index (χ4n) is 3.93. The number of para-hydroxylation sites is 1. The number of aliphatic hydroxyl groups excluding tert-OH is 2. The highest BCUT2D eigenvalue weighted by Crippen LogP contribution is 2.46. The first-order chi connectivity index (χ1) is 18.0. The van der Waals surface area contributed by atoms with Gasteiger partial charge >= 0.3 is 13.7 Å². The minimum atomic E-state index is -4.21. The quantitative estimate of drug-likeness (QED) is 0.130. The Labute approximate surface area is 222 Å². The zero-order chi connectivity index (χ0) is 27.6. The Balaban J connectivity index is 1.57. The summed E-state index contributed by atoms with van der Waals surface area (Å²) in [4.78, 5) is 20.1. The van der Waals surface area contributed by atoms with Gasteiger partial charge in [-0.25, -0.2) is 14.5 Å². The van der Waals surface area contributed by atoms with E-state index in [1.165, 1.54) is 31.1 Å². The van der Waals surface area contributed by atoms with Crippen LogP contribution in [0, 0.1) is 0 Å². The van der Waals surface area contributed by atoms with Crippen LogP contribution in [0.3, 0.4) is 0 Å². The number of fused-ring (bicyclic) bond motifs is 1. The lowest BCUT2D eigenvalue weighted by Crippen LogP contribution is -2.37. The third-order valence-corrected chi connectivity index (χ3v) is 7.66. The molecule has 6 unspecified atom stereocenters. The topological polar surface area (TPSA) is 206 Å². The first-order valence-corrected chi connectivity index (χ1v) is 13.3. The van der Waals surface area contributed by atoms with Crippen LogP contribution in [0.2, 0.25) is 0 Å². The number of methoxy groups -OCH3 is 1. The van der Waals surface area contributed by atoms with Gasteiger partial charge in [0.15, 0.2) is 6.23 Å².